The molecule has 2 saturated heterocycles. The topological polar surface area (TPSA) is 112 Å². The van der Waals surface area contributed by atoms with E-state index in [0.29, 0.717) is 19.1 Å². The molecule has 1 aromatic heterocycles. The maximum atomic E-state index is 13.4. The number of pyridine rings is 1. The molecule has 0 bridgehead atoms. The summed E-state index contributed by atoms with van der Waals surface area (Å²) >= 11 is 0. The molecule has 9 nitrogen and oxygen atoms in total. The maximum Gasteiger partial charge on any atom is 0.410 e. The van der Waals surface area contributed by atoms with Crippen molar-refractivity contribution in [3.05, 3.63) is 66.0 Å². The Balaban J connectivity index is 1.46. The normalized spacial score (nSPS) is 31.5. The molecule has 0 aliphatic carbocycles. The van der Waals surface area contributed by atoms with Crippen LogP contribution in [0.1, 0.15) is 90.7 Å². The summed E-state index contributed by atoms with van der Waals surface area (Å²) in [5, 5.41) is 22.1. The summed E-state index contributed by atoms with van der Waals surface area (Å²) < 4.78 is 11.9. The molecule has 45 heavy (non-hydrogen) atoms. The lowest BCUT2D eigenvalue weighted by atomic mass is 9.88. The molecule has 0 radical (unpaired) electrons. The van der Waals surface area contributed by atoms with E-state index >= 15 is 0 Å². The molecule has 6 atom stereocenters. The van der Waals surface area contributed by atoms with Gasteiger partial charge in [-0.25, -0.2) is 4.79 Å². The van der Waals surface area contributed by atoms with Crippen molar-refractivity contribution in [1.82, 2.24) is 14.8 Å². The van der Waals surface area contributed by atoms with Crippen molar-refractivity contribution in [2.24, 2.45) is 5.92 Å². The molecule has 2 N–H and O–H groups in total. The molecular formula is C36H53N3O6. The zero-order chi connectivity index (χ0) is 32.4. The zero-order valence-electron chi connectivity index (χ0n) is 27.5. The first kappa shape index (κ1) is 34.9. The van der Waals surface area contributed by atoms with Crippen molar-refractivity contribution in [1.29, 1.82) is 0 Å². The van der Waals surface area contributed by atoms with Crippen LogP contribution in [0, 0.1) is 5.92 Å². The summed E-state index contributed by atoms with van der Waals surface area (Å²) in [6.45, 7) is 11.0. The quantitative estimate of drug-likeness (QED) is 0.241. The van der Waals surface area contributed by atoms with Gasteiger partial charge in [-0.15, -0.1) is 0 Å². The third-order valence-electron chi connectivity index (χ3n) is 9.54. The van der Waals surface area contributed by atoms with Gasteiger partial charge in [-0.2, -0.15) is 0 Å². The number of esters is 1. The SMILES string of the molecule is C/C(=C\C=C\[C@@H](C)c1ccccn1)[C@H]1OC(=O)C[C@H](O)CC[C@@](C)(O)[C@@H](OC(=O)N2CCC(N3CCCCC3)CC2)/C=C\[C@@H]1C. The number of hydrogen-bond acceptors (Lipinski definition) is 8. The minimum atomic E-state index is -1.44. The molecule has 1 aromatic rings. The van der Waals surface area contributed by atoms with E-state index in [-0.39, 0.29) is 31.1 Å². The second-order valence-electron chi connectivity index (χ2n) is 13.4. The number of piperidine rings is 2. The van der Waals surface area contributed by atoms with Crippen LogP contribution in [-0.4, -0.2) is 93.2 Å². The lowest BCUT2D eigenvalue weighted by Gasteiger charge is -2.40. The fraction of sp³-hybridized carbons (Fsp3) is 0.639. The Kier molecular flexibility index (Phi) is 12.8. The van der Waals surface area contributed by atoms with Crippen LogP contribution in [0.4, 0.5) is 4.79 Å². The number of carbonyl (C=O) groups excluding carboxylic acids is 2. The van der Waals surface area contributed by atoms with E-state index in [2.05, 4.69) is 16.8 Å². The van der Waals surface area contributed by atoms with E-state index in [1.807, 2.05) is 56.4 Å². The minimum Gasteiger partial charge on any atom is -0.457 e. The van der Waals surface area contributed by atoms with Gasteiger partial charge < -0.3 is 29.5 Å². The number of nitrogens with zero attached hydrogens (tertiary/aromatic N) is 3. The first-order valence-electron chi connectivity index (χ1n) is 16.8. The first-order chi connectivity index (χ1) is 21.5. The number of cyclic esters (lactones) is 1. The summed E-state index contributed by atoms with van der Waals surface area (Å²) in [5.41, 5.74) is 0.349. The summed E-state index contributed by atoms with van der Waals surface area (Å²) in [5.74, 6) is -0.682. The Morgan fingerprint density at radius 3 is 2.56 bits per heavy atom. The van der Waals surface area contributed by atoms with E-state index < -0.39 is 36.0 Å². The number of ether oxygens (including phenoxy) is 2. The van der Waals surface area contributed by atoms with E-state index in [0.717, 1.165) is 37.2 Å². The minimum absolute atomic E-state index is 0.106. The Labute approximate surface area is 269 Å². The van der Waals surface area contributed by atoms with Gasteiger partial charge in [0.25, 0.3) is 0 Å². The van der Waals surface area contributed by atoms with Crippen molar-refractivity contribution in [2.45, 2.75) is 115 Å². The molecule has 3 aliphatic rings. The van der Waals surface area contributed by atoms with Crippen molar-refractivity contribution >= 4 is 12.1 Å². The molecular weight excluding hydrogens is 570 g/mol. The molecule has 1 amide bonds. The van der Waals surface area contributed by atoms with Gasteiger partial charge in [-0.05, 0) is 89.2 Å². The van der Waals surface area contributed by atoms with E-state index in [4.69, 9.17) is 9.47 Å². The summed E-state index contributed by atoms with van der Waals surface area (Å²) in [6, 6.07) is 6.33. The lowest BCUT2D eigenvalue weighted by Crippen LogP contribution is -2.50. The third kappa shape index (κ3) is 10.2. The van der Waals surface area contributed by atoms with Gasteiger partial charge >= 0.3 is 12.1 Å². The smallest absolute Gasteiger partial charge is 0.410 e. The zero-order valence-corrected chi connectivity index (χ0v) is 27.5. The highest BCUT2D eigenvalue weighted by atomic mass is 16.6. The molecule has 0 unspecified atom stereocenters. The third-order valence-corrected chi connectivity index (χ3v) is 9.54. The largest absolute Gasteiger partial charge is 0.457 e. The number of aliphatic hydroxyl groups is 2. The summed E-state index contributed by atoms with van der Waals surface area (Å²) in [4.78, 5) is 34.9. The Morgan fingerprint density at radius 1 is 1.13 bits per heavy atom. The Hall–Kier alpha value is -3.01. The standard InChI is InChI=1S/C36H53N3O6/c1-26(31-13-6-7-20-37-31)11-10-12-27(2)34-28(3)14-15-32(36(4,43)19-16-30(40)25-33(41)45-34)44-35(42)39-23-17-29(18-24-39)38-21-8-5-9-22-38/h6-7,10-15,20,26,28-30,32,34,40,43H,5,8-9,16-19,21-25H2,1-4H3/b11-10+,15-14-,27-12+/t26-,28+,30-,32+,34-,36-/m1/s1. The number of likely N-dealkylation sites (tertiary alicyclic amines) is 2. The van der Waals surface area contributed by atoms with Crippen molar-refractivity contribution in [3.8, 4) is 0 Å². The number of carbonyl (C=O) groups is 2. The Bertz CT molecular complexity index is 1180. The van der Waals surface area contributed by atoms with Crippen molar-refractivity contribution in [3.63, 3.8) is 0 Å². The molecule has 2 fully saturated rings. The predicted molar refractivity (Wildman–Crippen MR) is 175 cm³/mol. The van der Waals surface area contributed by atoms with Gasteiger partial charge in [0.05, 0.1) is 12.5 Å². The van der Waals surface area contributed by atoms with Gasteiger partial charge in [0.15, 0.2) is 6.10 Å². The van der Waals surface area contributed by atoms with Gasteiger partial charge in [-0.1, -0.05) is 50.6 Å². The second kappa shape index (κ2) is 16.5. The number of rotatable bonds is 6. The van der Waals surface area contributed by atoms with Crippen LogP contribution in [0.25, 0.3) is 0 Å². The number of aliphatic hydroxyl groups excluding tert-OH is 1. The molecule has 4 rings (SSSR count). The van der Waals surface area contributed by atoms with Crippen molar-refractivity contribution < 1.29 is 29.3 Å². The van der Waals surface area contributed by atoms with Gasteiger partial charge in [0.1, 0.15) is 11.7 Å². The number of amides is 1. The van der Waals surface area contributed by atoms with Gasteiger partial charge in [0.2, 0.25) is 0 Å². The van der Waals surface area contributed by atoms with Gasteiger partial charge in [0, 0.05) is 42.9 Å². The molecule has 0 saturated carbocycles. The van der Waals surface area contributed by atoms with Crippen LogP contribution in [0.3, 0.4) is 0 Å². The monoisotopic (exact) mass is 623 g/mol. The van der Waals surface area contributed by atoms with Crippen LogP contribution in [0.5, 0.6) is 0 Å². The first-order valence-corrected chi connectivity index (χ1v) is 16.8. The van der Waals surface area contributed by atoms with E-state index in [1.165, 1.54) is 19.3 Å². The highest BCUT2D eigenvalue weighted by Crippen LogP contribution is 2.28. The van der Waals surface area contributed by atoms with Crippen molar-refractivity contribution in [2.75, 3.05) is 26.2 Å². The second-order valence-corrected chi connectivity index (χ2v) is 13.4. The summed E-state index contributed by atoms with van der Waals surface area (Å²) in [7, 11) is 0. The molecule has 0 spiro atoms. The van der Waals surface area contributed by atoms with Crippen LogP contribution in [0.2, 0.25) is 0 Å². The van der Waals surface area contributed by atoms with Crippen LogP contribution in [-0.2, 0) is 14.3 Å². The average Bonchev–Trinajstić information content (AvgIpc) is 3.04. The summed E-state index contributed by atoms with van der Waals surface area (Å²) in [6.07, 6.45) is 14.0. The van der Waals surface area contributed by atoms with E-state index in [1.54, 1.807) is 24.1 Å². The molecule has 3 aliphatic heterocycles. The number of hydrogen-bond donors (Lipinski definition) is 2. The highest BCUT2D eigenvalue weighted by molar-refractivity contribution is 5.70. The fourth-order valence-electron chi connectivity index (χ4n) is 6.54. The lowest BCUT2D eigenvalue weighted by molar-refractivity contribution is -0.151. The maximum absolute atomic E-state index is 13.4. The molecule has 0 aromatic carbocycles. The van der Waals surface area contributed by atoms with Crippen LogP contribution < -0.4 is 0 Å². The Morgan fingerprint density at radius 2 is 1.87 bits per heavy atom. The van der Waals surface area contributed by atoms with Gasteiger partial charge in [-0.3, -0.25) is 9.78 Å². The number of allylic oxidation sites excluding steroid dienone is 3. The van der Waals surface area contributed by atoms with Crippen LogP contribution >= 0.6 is 0 Å². The highest BCUT2D eigenvalue weighted by Gasteiger charge is 2.37. The average molecular weight is 624 g/mol. The van der Waals surface area contributed by atoms with E-state index in [9.17, 15) is 19.8 Å². The molecule has 9 heteroatoms. The fourth-order valence-corrected chi connectivity index (χ4v) is 6.54. The molecule has 4 heterocycles. The number of aromatic nitrogens is 1. The van der Waals surface area contributed by atoms with Crippen LogP contribution in [0.15, 0.2) is 60.3 Å². The predicted octanol–water partition coefficient (Wildman–Crippen LogP) is 5.54. The molecule has 248 valence electrons.